The predicted octanol–water partition coefficient (Wildman–Crippen LogP) is -1.00. The van der Waals surface area contributed by atoms with Crippen LogP contribution in [0.4, 0.5) is 0 Å². The molecule has 0 aliphatic carbocycles. The molecule has 1 unspecified atom stereocenters. The average Bonchev–Trinajstić information content (AvgIpc) is 2.10. The number of methoxy groups -OCH3 is 1. The van der Waals surface area contributed by atoms with Crippen molar-refractivity contribution in [2.45, 2.75) is 12.1 Å². The molecule has 1 aliphatic rings. The Kier molecular flexibility index (Phi) is 6.05. The Morgan fingerprint density at radius 1 is 1.50 bits per heavy atom. The van der Waals surface area contributed by atoms with Crippen molar-refractivity contribution in [3.05, 3.63) is 0 Å². The number of hydrogen-bond acceptors (Lipinski definition) is 5. The van der Waals surface area contributed by atoms with Crippen LogP contribution in [-0.2, 0) is 14.2 Å². The highest BCUT2D eigenvalue weighted by Crippen LogP contribution is 1.99. The van der Waals surface area contributed by atoms with Crippen molar-refractivity contribution < 1.29 is 19.3 Å². The molecule has 2 N–H and O–H groups in total. The van der Waals surface area contributed by atoms with Crippen molar-refractivity contribution in [2.75, 3.05) is 46.7 Å². The standard InChI is InChI=1S/C9H19NO4/c1-12-2-3-13-7-9(11)4-10-8-5-14-6-8/h8-11H,2-7H2,1H3. The van der Waals surface area contributed by atoms with Crippen LogP contribution in [0, 0.1) is 0 Å². The summed E-state index contributed by atoms with van der Waals surface area (Å²) < 4.78 is 15.0. The highest BCUT2D eigenvalue weighted by atomic mass is 16.5. The number of rotatable bonds is 8. The molecule has 0 amide bonds. The smallest absolute Gasteiger partial charge is 0.0897 e. The van der Waals surface area contributed by atoms with Gasteiger partial charge in [0.25, 0.3) is 0 Å². The van der Waals surface area contributed by atoms with Crippen LogP contribution in [0.25, 0.3) is 0 Å². The molecule has 0 aromatic heterocycles. The van der Waals surface area contributed by atoms with Crippen molar-refractivity contribution in [3.8, 4) is 0 Å². The molecule has 5 nitrogen and oxygen atoms in total. The molecule has 0 spiro atoms. The Labute approximate surface area is 84.3 Å². The molecule has 0 aromatic carbocycles. The summed E-state index contributed by atoms with van der Waals surface area (Å²) in [5.74, 6) is 0. The Morgan fingerprint density at radius 3 is 2.86 bits per heavy atom. The third-order valence-electron chi connectivity index (χ3n) is 2.02. The topological polar surface area (TPSA) is 60.0 Å². The molecule has 1 aliphatic heterocycles. The van der Waals surface area contributed by atoms with E-state index in [0.29, 0.717) is 32.4 Å². The molecule has 5 heteroatoms. The fraction of sp³-hybridized carbons (Fsp3) is 1.00. The van der Waals surface area contributed by atoms with E-state index in [1.165, 1.54) is 0 Å². The van der Waals surface area contributed by atoms with Gasteiger partial charge in [-0.05, 0) is 0 Å². The minimum Gasteiger partial charge on any atom is -0.389 e. The highest BCUT2D eigenvalue weighted by Gasteiger charge is 2.18. The maximum atomic E-state index is 9.45. The SMILES string of the molecule is COCCOCC(O)CNC1COC1. The molecule has 0 bridgehead atoms. The van der Waals surface area contributed by atoms with Gasteiger partial charge in [0.2, 0.25) is 0 Å². The molecule has 1 rings (SSSR count). The van der Waals surface area contributed by atoms with Crippen LogP contribution in [-0.4, -0.2) is 63.9 Å². The summed E-state index contributed by atoms with van der Waals surface area (Å²) in [6.07, 6.45) is -0.451. The lowest BCUT2D eigenvalue weighted by atomic mass is 10.2. The van der Waals surface area contributed by atoms with Gasteiger partial charge in [-0.1, -0.05) is 0 Å². The van der Waals surface area contributed by atoms with Crippen LogP contribution in [0.1, 0.15) is 0 Å². The summed E-state index contributed by atoms with van der Waals surface area (Å²) in [6.45, 7) is 3.50. The zero-order chi connectivity index (χ0) is 10.2. The van der Waals surface area contributed by atoms with Gasteiger partial charge in [0.05, 0.1) is 45.2 Å². The van der Waals surface area contributed by atoms with Crippen molar-refractivity contribution >= 4 is 0 Å². The second-order valence-corrected chi connectivity index (χ2v) is 3.36. The zero-order valence-corrected chi connectivity index (χ0v) is 8.57. The molecule has 1 saturated heterocycles. The molecule has 84 valence electrons. The Hall–Kier alpha value is -0.200. The quantitative estimate of drug-likeness (QED) is 0.498. The average molecular weight is 205 g/mol. The van der Waals surface area contributed by atoms with Gasteiger partial charge in [0.1, 0.15) is 0 Å². The Morgan fingerprint density at radius 2 is 2.29 bits per heavy atom. The summed E-state index contributed by atoms with van der Waals surface area (Å²) in [5, 5.41) is 12.6. The second kappa shape index (κ2) is 7.14. The van der Waals surface area contributed by atoms with Gasteiger partial charge in [-0.15, -0.1) is 0 Å². The maximum Gasteiger partial charge on any atom is 0.0897 e. The number of nitrogens with one attached hydrogen (secondary N) is 1. The van der Waals surface area contributed by atoms with Crippen LogP contribution in [0.15, 0.2) is 0 Å². The van der Waals surface area contributed by atoms with Crippen molar-refractivity contribution in [3.63, 3.8) is 0 Å². The number of hydrogen-bond donors (Lipinski definition) is 2. The third kappa shape index (κ3) is 4.88. The van der Waals surface area contributed by atoms with Gasteiger partial charge >= 0.3 is 0 Å². The van der Waals surface area contributed by atoms with E-state index in [1.54, 1.807) is 7.11 Å². The normalized spacial score (nSPS) is 19.3. The van der Waals surface area contributed by atoms with E-state index < -0.39 is 6.10 Å². The lowest BCUT2D eigenvalue weighted by molar-refractivity contribution is -0.0201. The van der Waals surface area contributed by atoms with E-state index in [-0.39, 0.29) is 0 Å². The fourth-order valence-electron chi connectivity index (χ4n) is 1.08. The van der Waals surface area contributed by atoms with E-state index in [1.807, 2.05) is 0 Å². The molecule has 0 saturated carbocycles. The monoisotopic (exact) mass is 205 g/mol. The van der Waals surface area contributed by atoms with E-state index in [9.17, 15) is 5.11 Å². The van der Waals surface area contributed by atoms with Gasteiger partial charge in [-0.25, -0.2) is 0 Å². The second-order valence-electron chi connectivity index (χ2n) is 3.36. The molecular weight excluding hydrogens is 186 g/mol. The first-order valence-corrected chi connectivity index (χ1v) is 4.89. The van der Waals surface area contributed by atoms with Crippen molar-refractivity contribution in [1.82, 2.24) is 5.32 Å². The highest BCUT2D eigenvalue weighted by molar-refractivity contribution is 4.74. The van der Waals surface area contributed by atoms with E-state index in [0.717, 1.165) is 13.2 Å². The predicted molar refractivity (Wildman–Crippen MR) is 51.3 cm³/mol. The summed E-state index contributed by atoms with van der Waals surface area (Å²) in [7, 11) is 1.62. The minimum atomic E-state index is -0.451. The first-order chi connectivity index (χ1) is 6.83. The lowest BCUT2D eigenvalue weighted by Crippen LogP contribution is -2.49. The van der Waals surface area contributed by atoms with Crippen LogP contribution in [0.2, 0.25) is 0 Å². The van der Waals surface area contributed by atoms with Crippen LogP contribution in [0.5, 0.6) is 0 Å². The number of aliphatic hydroxyl groups excluding tert-OH is 1. The summed E-state index contributed by atoms with van der Waals surface area (Å²) in [5.41, 5.74) is 0. The summed E-state index contributed by atoms with van der Waals surface area (Å²) in [4.78, 5) is 0. The summed E-state index contributed by atoms with van der Waals surface area (Å²) >= 11 is 0. The molecule has 1 fully saturated rings. The zero-order valence-electron chi connectivity index (χ0n) is 8.57. The maximum absolute atomic E-state index is 9.45. The van der Waals surface area contributed by atoms with Crippen molar-refractivity contribution in [2.24, 2.45) is 0 Å². The van der Waals surface area contributed by atoms with Gasteiger partial charge in [0, 0.05) is 13.7 Å². The third-order valence-corrected chi connectivity index (χ3v) is 2.02. The van der Waals surface area contributed by atoms with Crippen LogP contribution >= 0.6 is 0 Å². The largest absolute Gasteiger partial charge is 0.389 e. The van der Waals surface area contributed by atoms with E-state index in [2.05, 4.69) is 5.32 Å². The van der Waals surface area contributed by atoms with Crippen LogP contribution in [0.3, 0.4) is 0 Å². The fourth-order valence-corrected chi connectivity index (χ4v) is 1.08. The van der Waals surface area contributed by atoms with Gasteiger partial charge < -0.3 is 24.6 Å². The number of aliphatic hydroxyl groups is 1. The van der Waals surface area contributed by atoms with Gasteiger partial charge in [-0.2, -0.15) is 0 Å². The Balaban J connectivity index is 1.84. The molecule has 14 heavy (non-hydrogen) atoms. The molecule has 1 heterocycles. The van der Waals surface area contributed by atoms with Gasteiger partial charge in [0.15, 0.2) is 0 Å². The molecule has 0 aromatic rings. The minimum absolute atomic E-state index is 0.351. The van der Waals surface area contributed by atoms with E-state index in [4.69, 9.17) is 14.2 Å². The first kappa shape index (κ1) is 11.9. The lowest BCUT2D eigenvalue weighted by Gasteiger charge is -2.27. The summed E-state index contributed by atoms with van der Waals surface area (Å²) in [6, 6.07) is 0.406. The Bertz CT molecular complexity index is 141. The van der Waals surface area contributed by atoms with Crippen molar-refractivity contribution in [1.29, 1.82) is 0 Å². The molecule has 1 atom stereocenters. The number of ether oxygens (including phenoxy) is 3. The van der Waals surface area contributed by atoms with Crippen LogP contribution < -0.4 is 5.32 Å². The molecule has 0 radical (unpaired) electrons. The molecular formula is C9H19NO4. The van der Waals surface area contributed by atoms with Gasteiger partial charge in [-0.3, -0.25) is 0 Å². The first-order valence-electron chi connectivity index (χ1n) is 4.89. The van der Waals surface area contributed by atoms with E-state index >= 15 is 0 Å².